The summed E-state index contributed by atoms with van der Waals surface area (Å²) < 4.78 is 0. The lowest BCUT2D eigenvalue weighted by Crippen LogP contribution is -2.19. The molecule has 0 bridgehead atoms. The van der Waals surface area contributed by atoms with Crippen LogP contribution in [0.25, 0.3) is 0 Å². The van der Waals surface area contributed by atoms with Crippen LogP contribution in [0.4, 0.5) is 11.6 Å². The number of anilines is 2. The molecule has 1 amide bonds. The van der Waals surface area contributed by atoms with E-state index in [1.807, 2.05) is 64.9 Å². The van der Waals surface area contributed by atoms with Gasteiger partial charge in [-0.05, 0) is 39.3 Å². The van der Waals surface area contributed by atoms with Crippen molar-refractivity contribution in [2.24, 2.45) is 0 Å². The average Bonchev–Trinajstić information content (AvgIpc) is 2.42. The number of amides is 1. The zero-order chi connectivity index (χ0) is 16.4. The van der Waals surface area contributed by atoms with Crippen LogP contribution in [-0.2, 0) is 0 Å². The monoisotopic (exact) mass is 298 g/mol. The summed E-state index contributed by atoms with van der Waals surface area (Å²) in [4.78, 5) is 23.2. The molecule has 0 atom stereocenters. The Kier molecular flexibility index (Phi) is 4.45. The minimum absolute atomic E-state index is 0.134. The smallest absolute Gasteiger partial charge is 0.256 e. The Morgan fingerprint density at radius 2 is 1.64 bits per heavy atom. The summed E-state index contributed by atoms with van der Waals surface area (Å²) in [5.74, 6) is 0.504. The molecule has 0 saturated carbocycles. The highest BCUT2D eigenvalue weighted by Crippen LogP contribution is 2.21. The summed E-state index contributed by atoms with van der Waals surface area (Å²) in [5.41, 5.74) is 4.96. The second kappa shape index (κ2) is 6.13. The molecule has 0 unspecified atom stereocenters. The third-order valence-electron chi connectivity index (χ3n) is 3.52. The van der Waals surface area contributed by atoms with E-state index in [0.29, 0.717) is 17.2 Å². The van der Waals surface area contributed by atoms with Gasteiger partial charge in [0.05, 0.1) is 17.1 Å². The van der Waals surface area contributed by atoms with Gasteiger partial charge in [-0.15, -0.1) is 0 Å². The van der Waals surface area contributed by atoms with Gasteiger partial charge in [-0.3, -0.25) is 4.79 Å². The second-order valence-corrected chi connectivity index (χ2v) is 5.74. The standard InChI is InChI=1S/C17H22N4O/c1-10-7-8-14(11(2)9-10)16(22)20-15-12(3)18-17(21(5)6)19-13(15)4/h7-9H,1-6H3,(H,20,22). The van der Waals surface area contributed by atoms with E-state index < -0.39 is 0 Å². The summed E-state index contributed by atoms with van der Waals surface area (Å²) in [6.45, 7) is 7.70. The predicted molar refractivity (Wildman–Crippen MR) is 89.7 cm³/mol. The predicted octanol–water partition coefficient (Wildman–Crippen LogP) is 3.03. The van der Waals surface area contributed by atoms with Crippen LogP contribution in [0.2, 0.25) is 0 Å². The molecule has 0 aliphatic rings. The summed E-state index contributed by atoms with van der Waals surface area (Å²) >= 11 is 0. The number of aromatic nitrogens is 2. The molecule has 0 fully saturated rings. The molecule has 0 aliphatic heterocycles. The Hall–Kier alpha value is -2.43. The number of carbonyl (C=O) groups excluding carboxylic acids is 1. The van der Waals surface area contributed by atoms with Gasteiger partial charge in [0, 0.05) is 19.7 Å². The first-order valence-corrected chi connectivity index (χ1v) is 7.20. The summed E-state index contributed by atoms with van der Waals surface area (Å²) in [5, 5.41) is 2.94. The highest BCUT2D eigenvalue weighted by molar-refractivity contribution is 6.05. The fourth-order valence-corrected chi connectivity index (χ4v) is 2.33. The Balaban J connectivity index is 2.32. The van der Waals surface area contributed by atoms with Gasteiger partial charge >= 0.3 is 0 Å². The van der Waals surface area contributed by atoms with Gasteiger partial charge in [0.25, 0.3) is 5.91 Å². The number of hydrogen-bond donors (Lipinski definition) is 1. The van der Waals surface area contributed by atoms with E-state index in [4.69, 9.17) is 0 Å². The van der Waals surface area contributed by atoms with Gasteiger partial charge in [-0.25, -0.2) is 9.97 Å². The van der Waals surface area contributed by atoms with Crippen LogP contribution in [0.1, 0.15) is 32.9 Å². The molecule has 1 N–H and O–H groups in total. The molecule has 116 valence electrons. The van der Waals surface area contributed by atoms with Crippen LogP contribution in [0.5, 0.6) is 0 Å². The number of aryl methyl sites for hydroxylation is 4. The molecule has 22 heavy (non-hydrogen) atoms. The molecule has 0 saturated heterocycles. The van der Waals surface area contributed by atoms with E-state index in [1.165, 1.54) is 0 Å². The van der Waals surface area contributed by atoms with Crippen molar-refractivity contribution in [3.8, 4) is 0 Å². The van der Waals surface area contributed by atoms with Gasteiger partial charge in [-0.1, -0.05) is 17.7 Å². The Morgan fingerprint density at radius 1 is 1.05 bits per heavy atom. The highest BCUT2D eigenvalue weighted by atomic mass is 16.1. The van der Waals surface area contributed by atoms with E-state index in [2.05, 4.69) is 15.3 Å². The van der Waals surface area contributed by atoms with E-state index in [-0.39, 0.29) is 5.91 Å². The molecule has 5 nitrogen and oxygen atoms in total. The molecule has 2 aromatic rings. The first kappa shape index (κ1) is 15.9. The van der Waals surface area contributed by atoms with Crippen LogP contribution in [-0.4, -0.2) is 30.0 Å². The molecule has 1 aromatic carbocycles. The third kappa shape index (κ3) is 3.24. The van der Waals surface area contributed by atoms with Crippen LogP contribution >= 0.6 is 0 Å². The van der Waals surface area contributed by atoms with E-state index in [9.17, 15) is 4.79 Å². The van der Waals surface area contributed by atoms with E-state index >= 15 is 0 Å². The SMILES string of the molecule is Cc1ccc(C(=O)Nc2c(C)nc(N(C)C)nc2C)c(C)c1. The molecule has 0 radical (unpaired) electrons. The Bertz CT molecular complexity index is 700. The van der Waals surface area contributed by atoms with E-state index in [0.717, 1.165) is 22.5 Å². The van der Waals surface area contributed by atoms with Gasteiger partial charge in [0.15, 0.2) is 0 Å². The zero-order valence-electron chi connectivity index (χ0n) is 14.0. The van der Waals surface area contributed by atoms with Crippen molar-refractivity contribution >= 4 is 17.5 Å². The first-order chi connectivity index (χ1) is 10.3. The van der Waals surface area contributed by atoms with Crippen LogP contribution in [0, 0.1) is 27.7 Å². The molecule has 5 heteroatoms. The number of rotatable bonds is 3. The van der Waals surface area contributed by atoms with Crippen LogP contribution in [0.3, 0.4) is 0 Å². The number of carbonyl (C=O) groups is 1. The second-order valence-electron chi connectivity index (χ2n) is 5.74. The minimum Gasteiger partial charge on any atom is -0.347 e. The summed E-state index contributed by atoms with van der Waals surface area (Å²) in [6, 6.07) is 5.78. The maximum atomic E-state index is 12.5. The Labute approximate surface area is 131 Å². The highest BCUT2D eigenvalue weighted by Gasteiger charge is 2.15. The molecule has 1 aromatic heterocycles. The van der Waals surface area contributed by atoms with Gasteiger partial charge < -0.3 is 10.2 Å². The van der Waals surface area contributed by atoms with Gasteiger partial charge in [0.1, 0.15) is 0 Å². The topological polar surface area (TPSA) is 58.1 Å². The maximum Gasteiger partial charge on any atom is 0.256 e. The fraction of sp³-hybridized carbons (Fsp3) is 0.353. The number of nitrogens with one attached hydrogen (secondary N) is 1. The lowest BCUT2D eigenvalue weighted by molar-refractivity contribution is 0.102. The summed E-state index contributed by atoms with van der Waals surface area (Å²) in [7, 11) is 3.78. The van der Waals surface area contributed by atoms with Gasteiger partial charge in [-0.2, -0.15) is 0 Å². The molecule has 2 rings (SSSR count). The van der Waals surface area contributed by atoms with E-state index in [1.54, 1.807) is 0 Å². The minimum atomic E-state index is -0.134. The van der Waals surface area contributed by atoms with Crippen molar-refractivity contribution in [1.29, 1.82) is 0 Å². The summed E-state index contributed by atoms with van der Waals surface area (Å²) in [6.07, 6.45) is 0. The van der Waals surface area contributed by atoms with Gasteiger partial charge in [0.2, 0.25) is 5.95 Å². The molecule has 0 spiro atoms. The molecular weight excluding hydrogens is 276 g/mol. The Morgan fingerprint density at radius 3 is 2.14 bits per heavy atom. The van der Waals surface area contributed by atoms with Crippen molar-refractivity contribution in [2.45, 2.75) is 27.7 Å². The maximum absolute atomic E-state index is 12.5. The first-order valence-electron chi connectivity index (χ1n) is 7.20. The van der Waals surface area contributed by atoms with Crippen molar-refractivity contribution in [3.63, 3.8) is 0 Å². The van der Waals surface area contributed by atoms with Crippen molar-refractivity contribution in [3.05, 3.63) is 46.3 Å². The number of hydrogen-bond acceptors (Lipinski definition) is 4. The largest absolute Gasteiger partial charge is 0.347 e. The van der Waals surface area contributed by atoms with Crippen molar-refractivity contribution in [1.82, 2.24) is 9.97 Å². The quantitative estimate of drug-likeness (QED) is 0.946. The average molecular weight is 298 g/mol. The van der Waals surface area contributed by atoms with Crippen molar-refractivity contribution < 1.29 is 4.79 Å². The number of benzene rings is 1. The van der Waals surface area contributed by atoms with Crippen molar-refractivity contribution in [2.75, 3.05) is 24.3 Å². The molecule has 1 heterocycles. The zero-order valence-corrected chi connectivity index (χ0v) is 14.0. The third-order valence-corrected chi connectivity index (χ3v) is 3.52. The van der Waals surface area contributed by atoms with Crippen LogP contribution < -0.4 is 10.2 Å². The lowest BCUT2D eigenvalue weighted by Gasteiger charge is -2.16. The fourth-order valence-electron chi connectivity index (χ4n) is 2.33. The molecular formula is C17H22N4O. The van der Waals surface area contributed by atoms with Crippen LogP contribution in [0.15, 0.2) is 18.2 Å². The number of nitrogens with zero attached hydrogens (tertiary/aromatic N) is 3. The lowest BCUT2D eigenvalue weighted by atomic mass is 10.1. The normalized spacial score (nSPS) is 10.5. The molecule has 0 aliphatic carbocycles.